The number of amides is 2. The van der Waals surface area contributed by atoms with Gasteiger partial charge in [-0.1, -0.05) is 61.5 Å². The number of halogens is 1. The second-order valence-electron chi connectivity index (χ2n) is 9.81. The molecule has 0 saturated heterocycles. The highest BCUT2D eigenvalue weighted by atomic mass is 32.2. The van der Waals surface area contributed by atoms with Crippen LogP contribution in [0.1, 0.15) is 42.2 Å². The summed E-state index contributed by atoms with van der Waals surface area (Å²) in [4.78, 5) is 28.4. The number of fused-ring (bicyclic) bond motifs is 1. The van der Waals surface area contributed by atoms with E-state index in [0.717, 1.165) is 34.4 Å². The lowest BCUT2D eigenvalue weighted by molar-refractivity contribution is -0.123. The van der Waals surface area contributed by atoms with Crippen molar-refractivity contribution in [2.75, 3.05) is 17.2 Å². The molecule has 1 aliphatic rings. The van der Waals surface area contributed by atoms with Gasteiger partial charge in [0, 0.05) is 17.2 Å². The fourth-order valence-electron chi connectivity index (χ4n) is 4.77. The minimum atomic E-state index is -0.379. The van der Waals surface area contributed by atoms with Crippen molar-refractivity contribution in [3.8, 4) is 16.9 Å². The molecule has 3 aromatic carbocycles. The number of rotatable bonds is 7. The van der Waals surface area contributed by atoms with E-state index in [9.17, 15) is 14.0 Å². The molecule has 2 amide bonds. The van der Waals surface area contributed by atoms with Gasteiger partial charge in [-0.3, -0.25) is 14.5 Å². The maximum Gasteiger partial charge on any atom is 0.240 e. The first-order valence-electron chi connectivity index (χ1n) is 13.1. The van der Waals surface area contributed by atoms with Gasteiger partial charge >= 0.3 is 0 Å². The summed E-state index contributed by atoms with van der Waals surface area (Å²) in [5, 5.41) is 7.67. The third-order valence-corrected chi connectivity index (χ3v) is 8.11. The molecule has 1 N–H and O–H groups in total. The Morgan fingerprint density at radius 3 is 2.59 bits per heavy atom. The maximum absolute atomic E-state index is 14.5. The van der Waals surface area contributed by atoms with Crippen molar-refractivity contribution in [3.05, 3.63) is 101 Å². The first kappa shape index (κ1) is 26.7. The average molecular weight is 543 g/mol. The first-order chi connectivity index (χ1) is 18.9. The number of nitrogens with one attached hydrogen (secondary N) is 1. The number of nitrogens with zero attached hydrogens (tertiary/aromatic N) is 3. The van der Waals surface area contributed by atoms with Gasteiger partial charge in [0.15, 0.2) is 0 Å². The van der Waals surface area contributed by atoms with Crippen LogP contribution in [-0.2, 0) is 9.59 Å². The van der Waals surface area contributed by atoms with Gasteiger partial charge in [0.1, 0.15) is 18.2 Å². The second kappa shape index (κ2) is 11.5. The highest BCUT2D eigenvalue weighted by molar-refractivity contribution is 8.00. The Labute approximate surface area is 232 Å². The molecule has 0 bridgehead atoms. The largest absolute Gasteiger partial charge is 0.352 e. The number of aromatic nitrogens is 2. The molecule has 0 aliphatic carbocycles. The average Bonchev–Trinajstić information content (AvgIpc) is 3.26. The number of carbonyl (C=O) groups excluding carboxylic acids is 2. The summed E-state index contributed by atoms with van der Waals surface area (Å²) in [7, 11) is 0. The molecule has 200 valence electrons. The van der Waals surface area contributed by atoms with E-state index in [-0.39, 0.29) is 41.2 Å². The smallest absolute Gasteiger partial charge is 0.240 e. The normalized spacial score (nSPS) is 15.9. The zero-order valence-electron chi connectivity index (χ0n) is 22.2. The van der Waals surface area contributed by atoms with Crippen LogP contribution in [0.3, 0.4) is 0 Å². The van der Waals surface area contributed by atoms with E-state index in [4.69, 9.17) is 5.10 Å². The van der Waals surface area contributed by atoms with Crippen molar-refractivity contribution in [2.45, 2.75) is 38.5 Å². The highest BCUT2D eigenvalue weighted by Crippen LogP contribution is 2.48. The Morgan fingerprint density at radius 1 is 1.10 bits per heavy atom. The van der Waals surface area contributed by atoms with Crippen molar-refractivity contribution in [1.82, 2.24) is 15.1 Å². The molecule has 1 aromatic heterocycles. The van der Waals surface area contributed by atoms with Gasteiger partial charge in [0.05, 0.1) is 22.4 Å². The minimum Gasteiger partial charge on any atom is -0.352 e. The molecular weight excluding hydrogens is 511 g/mol. The summed E-state index contributed by atoms with van der Waals surface area (Å²) in [5.41, 5.74) is 4.89. The van der Waals surface area contributed by atoms with Gasteiger partial charge in [0.2, 0.25) is 11.8 Å². The van der Waals surface area contributed by atoms with Crippen LogP contribution in [0.4, 0.5) is 10.2 Å². The molecule has 6 nitrogen and oxygen atoms in total. The van der Waals surface area contributed by atoms with Crippen LogP contribution in [0, 0.1) is 12.7 Å². The van der Waals surface area contributed by atoms with Gasteiger partial charge < -0.3 is 5.32 Å². The van der Waals surface area contributed by atoms with E-state index in [2.05, 4.69) is 5.32 Å². The molecule has 0 radical (unpaired) electrons. The van der Waals surface area contributed by atoms with E-state index in [1.54, 1.807) is 15.6 Å². The van der Waals surface area contributed by atoms with Crippen LogP contribution in [-0.4, -0.2) is 39.9 Å². The second-order valence-corrected chi connectivity index (χ2v) is 10.9. The van der Waals surface area contributed by atoms with E-state index < -0.39 is 0 Å². The Kier molecular flexibility index (Phi) is 7.84. The third-order valence-electron chi connectivity index (χ3n) is 6.86. The Balaban J connectivity index is 1.78. The molecule has 0 fully saturated rings. The number of carbonyl (C=O) groups is 2. The van der Waals surface area contributed by atoms with Crippen LogP contribution in [0.2, 0.25) is 0 Å². The van der Waals surface area contributed by atoms with Gasteiger partial charge in [0.25, 0.3) is 0 Å². The third kappa shape index (κ3) is 5.61. The fourth-order valence-corrected chi connectivity index (χ4v) is 5.95. The number of thioether (sulfide) groups is 1. The molecule has 1 aliphatic heterocycles. The number of hydrogen-bond donors (Lipinski definition) is 1. The summed E-state index contributed by atoms with van der Waals surface area (Å²) < 4.78 is 16.2. The Hall–Kier alpha value is -3.91. The van der Waals surface area contributed by atoms with E-state index in [1.165, 1.54) is 23.9 Å². The van der Waals surface area contributed by atoms with E-state index >= 15 is 0 Å². The molecular formula is C31H31FN4O2S. The molecule has 0 unspecified atom stereocenters. The van der Waals surface area contributed by atoms with Crippen molar-refractivity contribution in [3.63, 3.8) is 0 Å². The zero-order chi connectivity index (χ0) is 27.5. The minimum absolute atomic E-state index is 0.0185. The lowest BCUT2D eigenvalue weighted by Crippen LogP contribution is -2.44. The first-order valence-corrected chi connectivity index (χ1v) is 14.1. The van der Waals surface area contributed by atoms with Gasteiger partial charge in [-0.05, 0) is 55.7 Å². The summed E-state index contributed by atoms with van der Waals surface area (Å²) in [5.74, 6) is -0.122. The monoisotopic (exact) mass is 542 g/mol. The predicted octanol–water partition coefficient (Wildman–Crippen LogP) is 6.07. The molecule has 5 rings (SSSR count). The summed E-state index contributed by atoms with van der Waals surface area (Å²) in [6.07, 6.45) is 0.780. The standard InChI is InChI=1S/C31H31FN4O2S/c1-4-21(3)33-26(37)18-35-27(38)19-39-30(23-13-9-14-24(32)17-23)28-29(22-11-6-5-7-12-22)34-36(31(28)35)25-15-8-10-20(2)16-25/h5-17,21,30H,4,18-19H2,1-3H3,(H,33,37)/t21-,30-/m0/s1. The van der Waals surface area contributed by atoms with Gasteiger partial charge in [-0.25, -0.2) is 9.07 Å². The maximum atomic E-state index is 14.5. The van der Waals surface area contributed by atoms with Crippen LogP contribution >= 0.6 is 11.8 Å². The highest BCUT2D eigenvalue weighted by Gasteiger charge is 2.37. The number of aryl methyl sites for hydroxylation is 1. The van der Waals surface area contributed by atoms with Crippen molar-refractivity contribution in [1.29, 1.82) is 0 Å². The van der Waals surface area contributed by atoms with Gasteiger partial charge in [-0.2, -0.15) is 5.10 Å². The molecule has 39 heavy (non-hydrogen) atoms. The molecule has 0 saturated carbocycles. The molecule has 8 heteroatoms. The van der Waals surface area contributed by atoms with Crippen molar-refractivity contribution >= 4 is 29.4 Å². The van der Waals surface area contributed by atoms with Gasteiger partial charge in [-0.15, -0.1) is 11.8 Å². The predicted molar refractivity (Wildman–Crippen MR) is 155 cm³/mol. The van der Waals surface area contributed by atoms with Crippen molar-refractivity contribution in [2.24, 2.45) is 0 Å². The number of hydrogen-bond acceptors (Lipinski definition) is 4. The summed E-state index contributed by atoms with van der Waals surface area (Å²) in [6, 6.07) is 24.1. The SMILES string of the molecule is CC[C@H](C)NC(=O)CN1C(=O)CS[C@@H](c2cccc(F)c2)c2c(-c3ccccc3)nn(-c3cccc(C)c3)c21. The molecule has 2 atom stereocenters. The lowest BCUT2D eigenvalue weighted by Gasteiger charge is -2.24. The molecule has 0 spiro atoms. The number of anilines is 1. The Bertz CT molecular complexity index is 1500. The van der Waals surface area contributed by atoms with Crippen LogP contribution in [0.5, 0.6) is 0 Å². The van der Waals surface area contributed by atoms with Crippen LogP contribution < -0.4 is 10.2 Å². The zero-order valence-corrected chi connectivity index (χ0v) is 23.0. The topological polar surface area (TPSA) is 67.2 Å². The fraction of sp³-hybridized carbons (Fsp3) is 0.258. The van der Waals surface area contributed by atoms with E-state index in [0.29, 0.717) is 11.5 Å². The quantitative estimate of drug-likeness (QED) is 0.308. The van der Waals surface area contributed by atoms with Crippen LogP contribution in [0.25, 0.3) is 16.9 Å². The Morgan fingerprint density at radius 2 is 1.87 bits per heavy atom. The molecule has 4 aromatic rings. The number of benzene rings is 3. The van der Waals surface area contributed by atoms with Crippen LogP contribution in [0.15, 0.2) is 78.9 Å². The lowest BCUT2D eigenvalue weighted by atomic mass is 9.99. The van der Waals surface area contributed by atoms with E-state index in [1.807, 2.05) is 81.4 Å². The summed E-state index contributed by atoms with van der Waals surface area (Å²) in [6.45, 7) is 5.79. The summed E-state index contributed by atoms with van der Waals surface area (Å²) >= 11 is 1.42. The van der Waals surface area contributed by atoms with Crippen molar-refractivity contribution < 1.29 is 14.0 Å². The molecule has 2 heterocycles.